The summed E-state index contributed by atoms with van der Waals surface area (Å²) < 4.78 is -0.00926. The number of aromatic amines is 1. The molecule has 0 fully saturated rings. The Labute approximate surface area is 127 Å². The van der Waals surface area contributed by atoms with Crippen LogP contribution in [0.15, 0.2) is 36.5 Å². The Kier molecular flexibility index (Phi) is 3.36. The first-order valence-electron chi connectivity index (χ1n) is 5.87. The van der Waals surface area contributed by atoms with Gasteiger partial charge < -0.3 is 10.3 Å². The fraction of sp³-hybridized carbons (Fsp3) is 0. The van der Waals surface area contributed by atoms with Crippen LogP contribution < -0.4 is 5.32 Å². The molecule has 0 bridgehead atoms. The van der Waals surface area contributed by atoms with Crippen molar-refractivity contribution >= 4 is 51.1 Å². The molecule has 0 aliphatic heterocycles. The Morgan fingerprint density at radius 2 is 2.19 bits per heavy atom. The molecule has 2 N–H and O–H groups in total. The predicted octanol–water partition coefficient (Wildman–Crippen LogP) is 4.04. The molecule has 6 nitrogen and oxygen atoms in total. The zero-order valence-corrected chi connectivity index (χ0v) is 12.0. The summed E-state index contributed by atoms with van der Waals surface area (Å²) in [6, 6.07) is 8.47. The lowest BCUT2D eigenvalue weighted by Gasteiger charge is -2.04. The maximum Gasteiger partial charge on any atom is 0.299 e. The number of rotatable bonds is 3. The lowest BCUT2D eigenvalue weighted by Crippen LogP contribution is -2.10. The molecule has 0 atom stereocenters. The molecule has 3 aromatic rings. The summed E-state index contributed by atoms with van der Waals surface area (Å²) in [5.74, 6) is -0.427. The van der Waals surface area contributed by atoms with E-state index in [1.54, 1.807) is 18.3 Å². The molecule has 2 aromatic heterocycles. The van der Waals surface area contributed by atoms with Crippen LogP contribution in [0.4, 0.5) is 11.4 Å². The molecule has 21 heavy (non-hydrogen) atoms. The minimum Gasteiger partial charge on any atom is -0.361 e. The molecule has 3 rings (SSSR count). The SMILES string of the molecule is O=C(Nc1cccc2[nH]ccc12)c1cc([N+](=O)[O-])c(Cl)s1. The summed E-state index contributed by atoms with van der Waals surface area (Å²) >= 11 is 6.64. The minimum atomic E-state index is -0.609. The number of amides is 1. The van der Waals surface area contributed by atoms with E-state index in [-0.39, 0.29) is 14.9 Å². The molecule has 1 aromatic carbocycles. The number of thiophene rings is 1. The third-order valence-electron chi connectivity index (χ3n) is 2.93. The third kappa shape index (κ3) is 2.48. The van der Waals surface area contributed by atoms with E-state index in [2.05, 4.69) is 10.3 Å². The summed E-state index contributed by atoms with van der Waals surface area (Å²) in [7, 11) is 0. The highest BCUT2D eigenvalue weighted by Crippen LogP contribution is 2.34. The number of nitrogens with zero attached hydrogens (tertiary/aromatic N) is 1. The Balaban J connectivity index is 1.91. The fourth-order valence-electron chi connectivity index (χ4n) is 1.97. The molecule has 0 aliphatic rings. The van der Waals surface area contributed by atoms with Crippen molar-refractivity contribution in [2.45, 2.75) is 0 Å². The van der Waals surface area contributed by atoms with Crippen LogP contribution in [0.25, 0.3) is 10.9 Å². The van der Waals surface area contributed by atoms with Crippen molar-refractivity contribution in [1.82, 2.24) is 4.98 Å². The lowest BCUT2D eigenvalue weighted by atomic mass is 10.2. The van der Waals surface area contributed by atoms with Gasteiger partial charge in [-0.15, -0.1) is 11.3 Å². The summed E-state index contributed by atoms with van der Waals surface area (Å²) in [5, 5.41) is 14.3. The molecule has 0 spiro atoms. The van der Waals surface area contributed by atoms with Crippen LogP contribution in [-0.2, 0) is 0 Å². The van der Waals surface area contributed by atoms with E-state index in [9.17, 15) is 14.9 Å². The van der Waals surface area contributed by atoms with Crippen molar-refractivity contribution in [3.63, 3.8) is 0 Å². The topological polar surface area (TPSA) is 88.0 Å². The molecule has 8 heteroatoms. The molecule has 0 saturated heterocycles. The highest BCUT2D eigenvalue weighted by Gasteiger charge is 2.21. The molecular formula is C13H8ClN3O3S. The molecular weight excluding hydrogens is 314 g/mol. The van der Waals surface area contributed by atoms with E-state index in [0.29, 0.717) is 5.69 Å². The van der Waals surface area contributed by atoms with Gasteiger partial charge in [-0.2, -0.15) is 0 Å². The van der Waals surface area contributed by atoms with Crippen molar-refractivity contribution in [2.75, 3.05) is 5.32 Å². The van der Waals surface area contributed by atoms with Gasteiger partial charge in [0.15, 0.2) is 4.34 Å². The second-order valence-corrected chi connectivity index (χ2v) is 5.88. The van der Waals surface area contributed by atoms with Crippen molar-refractivity contribution in [1.29, 1.82) is 0 Å². The molecule has 0 unspecified atom stereocenters. The zero-order valence-electron chi connectivity index (χ0n) is 10.4. The fourth-order valence-corrected chi connectivity index (χ4v) is 3.09. The first-order valence-corrected chi connectivity index (χ1v) is 7.07. The van der Waals surface area contributed by atoms with Crippen LogP contribution in [0.2, 0.25) is 4.34 Å². The first-order chi connectivity index (χ1) is 10.1. The van der Waals surface area contributed by atoms with Gasteiger partial charge in [0.1, 0.15) is 4.88 Å². The van der Waals surface area contributed by atoms with Gasteiger partial charge in [-0.25, -0.2) is 0 Å². The average Bonchev–Trinajstić information content (AvgIpc) is 3.05. The summed E-state index contributed by atoms with van der Waals surface area (Å²) in [6.07, 6.45) is 1.77. The van der Waals surface area contributed by atoms with Crippen molar-refractivity contribution in [3.05, 3.63) is 55.9 Å². The van der Waals surface area contributed by atoms with Crippen LogP contribution in [-0.4, -0.2) is 15.8 Å². The van der Waals surface area contributed by atoms with Crippen molar-refractivity contribution < 1.29 is 9.72 Å². The van der Waals surface area contributed by atoms with Crippen LogP contribution in [0.5, 0.6) is 0 Å². The standard InChI is InChI=1S/C13H8ClN3O3S/c14-12-10(17(19)20)6-11(21-12)13(18)16-9-3-1-2-8-7(9)4-5-15-8/h1-6,15H,(H,16,18). The number of anilines is 1. The molecule has 106 valence electrons. The van der Waals surface area contributed by atoms with E-state index in [0.717, 1.165) is 22.2 Å². The number of H-pyrrole nitrogens is 1. The average molecular weight is 322 g/mol. The number of carbonyl (C=O) groups is 1. The number of aromatic nitrogens is 1. The van der Waals surface area contributed by atoms with Gasteiger partial charge in [-0.05, 0) is 18.2 Å². The summed E-state index contributed by atoms with van der Waals surface area (Å²) in [6.45, 7) is 0. The molecule has 2 heterocycles. The molecule has 0 radical (unpaired) electrons. The largest absolute Gasteiger partial charge is 0.361 e. The highest BCUT2D eigenvalue weighted by molar-refractivity contribution is 7.18. The first kappa shape index (κ1) is 13.6. The quantitative estimate of drug-likeness (QED) is 0.563. The molecule has 1 amide bonds. The van der Waals surface area contributed by atoms with E-state index in [4.69, 9.17) is 11.6 Å². The van der Waals surface area contributed by atoms with E-state index < -0.39 is 10.8 Å². The van der Waals surface area contributed by atoms with E-state index >= 15 is 0 Å². The van der Waals surface area contributed by atoms with E-state index in [1.807, 2.05) is 12.1 Å². The van der Waals surface area contributed by atoms with Crippen LogP contribution >= 0.6 is 22.9 Å². The number of halogens is 1. The third-order valence-corrected chi connectivity index (χ3v) is 4.27. The number of benzene rings is 1. The summed E-state index contributed by atoms with van der Waals surface area (Å²) in [4.78, 5) is 25.6. The Hall–Kier alpha value is -2.38. The number of fused-ring (bicyclic) bond motifs is 1. The Bertz CT molecular complexity index is 855. The minimum absolute atomic E-state index is 0.00926. The lowest BCUT2D eigenvalue weighted by molar-refractivity contribution is -0.384. The van der Waals surface area contributed by atoms with Crippen LogP contribution in [0, 0.1) is 10.1 Å². The number of nitrogens with one attached hydrogen (secondary N) is 2. The van der Waals surface area contributed by atoms with Crippen LogP contribution in [0.1, 0.15) is 9.67 Å². The Morgan fingerprint density at radius 3 is 2.90 bits per heavy atom. The van der Waals surface area contributed by atoms with Gasteiger partial charge in [0.2, 0.25) is 0 Å². The zero-order chi connectivity index (χ0) is 15.0. The number of hydrogen-bond acceptors (Lipinski definition) is 4. The summed E-state index contributed by atoms with van der Waals surface area (Å²) in [5.41, 5.74) is 1.26. The second kappa shape index (κ2) is 5.19. The number of nitro groups is 1. The Morgan fingerprint density at radius 1 is 1.38 bits per heavy atom. The van der Waals surface area contributed by atoms with Crippen molar-refractivity contribution in [2.24, 2.45) is 0 Å². The second-order valence-electron chi connectivity index (χ2n) is 4.23. The van der Waals surface area contributed by atoms with Gasteiger partial charge in [-0.1, -0.05) is 17.7 Å². The maximum absolute atomic E-state index is 12.2. The van der Waals surface area contributed by atoms with Gasteiger partial charge in [0.25, 0.3) is 11.6 Å². The van der Waals surface area contributed by atoms with Crippen molar-refractivity contribution in [3.8, 4) is 0 Å². The van der Waals surface area contributed by atoms with E-state index in [1.165, 1.54) is 6.07 Å². The van der Waals surface area contributed by atoms with Gasteiger partial charge in [-0.3, -0.25) is 14.9 Å². The molecule has 0 saturated carbocycles. The maximum atomic E-state index is 12.2. The van der Waals surface area contributed by atoms with Gasteiger partial charge in [0.05, 0.1) is 10.6 Å². The van der Waals surface area contributed by atoms with Gasteiger partial charge in [0, 0.05) is 23.2 Å². The molecule has 0 aliphatic carbocycles. The number of carbonyl (C=O) groups excluding carboxylic acids is 1. The number of hydrogen-bond donors (Lipinski definition) is 2. The van der Waals surface area contributed by atoms with Gasteiger partial charge >= 0.3 is 0 Å². The van der Waals surface area contributed by atoms with Crippen LogP contribution in [0.3, 0.4) is 0 Å². The highest BCUT2D eigenvalue weighted by atomic mass is 35.5. The monoisotopic (exact) mass is 321 g/mol. The smallest absolute Gasteiger partial charge is 0.299 e. The normalized spacial score (nSPS) is 10.7. The predicted molar refractivity (Wildman–Crippen MR) is 82.2 cm³/mol.